The van der Waals surface area contributed by atoms with E-state index in [0.717, 1.165) is 54.5 Å². The van der Waals surface area contributed by atoms with Gasteiger partial charge in [0.25, 0.3) is 0 Å². The first-order valence-corrected chi connectivity index (χ1v) is 8.73. The van der Waals surface area contributed by atoms with E-state index in [0.29, 0.717) is 6.42 Å². The van der Waals surface area contributed by atoms with Crippen LogP contribution >= 0.6 is 11.3 Å². The third-order valence-corrected chi connectivity index (χ3v) is 5.13. The number of nitrogens with zero attached hydrogens (tertiary/aromatic N) is 3. The Morgan fingerprint density at radius 2 is 2.23 bits per heavy atom. The quantitative estimate of drug-likeness (QED) is 0.869. The number of hydrogen-bond acceptors (Lipinski definition) is 4. The van der Waals surface area contributed by atoms with Crippen molar-refractivity contribution in [1.29, 1.82) is 0 Å². The normalized spacial score (nSPS) is 16.0. The van der Waals surface area contributed by atoms with Crippen molar-refractivity contribution in [2.45, 2.75) is 32.6 Å². The Hall–Kier alpha value is -1.75. The molecule has 4 nitrogen and oxygen atoms in total. The molecule has 0 unspecified atom stereocenters. The maximum absolute atomic E-state index is 12.2. The number of hydrogen-bond donors (Lipinski definition) is 0. The molecule has 1 aliphatic rings. The Bertz CT molecular complexity index is 618. The van der Waals surface area contributed by atoms with Crippen LogP contribution in [0.25, 0.3) is 10.6 Å². The summed E-state index contributed by atoms with van der Waals surface area (Å²) in [5.41, 5.74) is 2.04. The van der Waals surface area contributed by atoms with Gasteiger partial charge in [0.05, 0.1) is 5.69 Å². The fraction of sp³-hybridized carbons (Fsp3) is 0.471. The minimum absolute atomic E-state index is 0.267. The van der Waals surface area contributed by atoms with Gasteiger partial charge >= 0.3 is 0 Å². The molecule has 2 aromatic heterocycles. The first kappa shape index (κ1) is 15.2. The molecule has 1 saturated heterocycles. The third-order valence-electron chi connectivity index (χ3n) is 4.19. The van der Waals surface area contributed by atoms with Crippen molar-refractivity contribution in [3.8, 4) is 10.6 Å². The van der Waals surface area contributed by atoms with Crippen LogP contribution in [-0.2, 0) is 11.2 Å². The Balaban J connectivity index is 1.54. The lowest BCUT2D eigenvalue weighted by atomic mass is 9.99. The molecular formula is C17H21N3OS. The molecule has 5 heteroatoms. The molecule has 1 amide bonds. The van der Waals surface area contributed by atoms with E-state index in [9.17, 15) is 4.79 Å². The monoisotopic (exact) mass is 315 g/mol. The summed E-state index contributed by atoms with van der Waals surface area (Å²) in [6, 6.07) is 3.92. The van der Waals surface area contributed by atoms with Crippen molar-refractivity contribution >= 4 is 17.2 Å². The number of carbonyl (C=O) groups is 1. The van der Waals surface area contributed by atoms with E-state index in [-0.39, 0.29) is 5.91 Å². The Kier molecular flexibility index (Phi) is 4.83. The molecular weight excluding hydrogens is 294 g/mol. The smallest absolute Gasteiger partial charge is 0.222 e. The number of amides is 1. The summed E-state index contributed by atoms with van der Waals surface area (Å²) in [5.74, 6) is 1.02. The van der Waals surface area contributed by atoms with E-state index in [4.69, 9.17) is 0 Å². The largest absolute Gasteiger partial charge is 0.343 e. The second-order valence-electron chi connectivity index (χ2n) is 5.95. The zero-order valence-electron chi connectivity index (χ0n) is 12.9. The molecule has 2 aromatic rings. The lowest BCUT2D eigenvalue weighted by Crippen LogP contribution is -2.38. The zero-order chi connectivity index (χ0) is 15.4. The Morgan fingerprint density at radius 1 is 1.41 bits per heavy atom. The van der Waals surface area contributed by atoms with Crippen molar-refractivity contribution in [2.24, 2.45) is 5.92 Å². The van der Waals surface area contributed by atoms with Crippen LogP contribution in [0.1, 0.15) is 31.9 Å². The molecule has 0 spiro atoms. The molecule has 0 radical (unpaired) electrons. The number of likely N-dealkylation sites (tertiary alicyclic amines) is 1. The second kappa shape index (κ2) is 7.01. The van der Waals surface area contributed by atoms with Crippen molar-refractivity contribution in [3.05, 3.63) is 35.6 Å². The van der Waals surface area contributed by atoms with Gasteiger partial charge in [0, 0.05) is 42.8 Å². The van der Waals surface area contributed by atoms with Gasteiger partial charge in [-0.1, -0.05) is 6.92 Å². The maximum atomic E-state index is 12.2. The lowest BCUT2D eigenvalue weighted by molar-refractivity contribution is -0.132. The topological polar surface area (TPSA) is 46.1 Å². The first-order chi connectivity index (χ1) is 10.7. The number of thiazole rings is 1. The van der Waals surface area contributed by atoms with Crippen LogP contribution in [0.15, 0.2) is 29.9 Å². The molecule has 0 N–H and O–H groups in total. The number of pyridine rings is 1. The van der Waals surface area contributed by atoms with Gasteiger partial charge in [-0.05, 0) is 37.3 Å². The molecule has 3 rings (SSSR count). The van der Waals surface area contributed by atoms with Gasteiger partial charge < -0.3 is 4.90 Å². The predicted octanol–water partition coefficient (Wildman–Crippen LogP) is 3.40. The van der Waals surface area contributed by atoms with Crippen LogP contribution < -0.4 is 0 Å². The van der Waals surface area contributed by atoms with Crippen molar-refractivity contribution in [3.63, 3.8) is 0 Å². The highest BCUT2D eigenvalue weighted by Crippen LogP contribution is 2.23. The van der Waals surface area contributed by atoms with Crippen molar-refractivity contribution in [2.75, 3.05) is 13.1 Å². The lowest BCUT2D eigenvalue weighted by Gasteiger charge is -2.30. The van der Waals surface area contributed by atoms with Crippen molar-refractivity contribution in [1.82, 2.24) is 14.9 Å². The number of carbonyl (C=O) groups excluding carboxylic acids is 1. The summed E-state index contributed by atoms with van der Waals surface area (Å²) in [6.07, 6.45) is 7.13. The highest BCUT2D eigenvalue weighted by molar-refractivity contribution is 7.13. The molecule has 3 heterocycles. The standard InChI is InChI=1S/C17H21N3OS/c1-13-6-9-20(10-7-13)16(21)5-4-15-12-22-17(19-15)14-3-2-8-18-11-14/h2-3,8,11-13H,4-7,9-10H2,1H3. The predicted molar refractivity (Wildman–Crippen MR) is 88.6 cm³/mol. The molecule has 1 fully saturated rings. The van der Waals surface area contributed by atoms with Gasteiger partial charge in [0.1, 0.15) is 5.01 Å². The van der Waals surface area contributed by atoms with Crippen LogP contribution in [0.3, 0.4) is 0 Å². The van der Waals surface area contributed by atoms with Crippen LogP contribution in [-0.4, -0.2) is 33.9 Å². The molecule has 1 aliphatic heterocycles. The summed E-state index contributed by atoms with van der Waals surface area (Å²) in [4.78, 5) is 23.0. The minimum Gasteiger partial charge on any atom is -0.343 e. The van der Waals surface area contributed by atoms with Crippen LogP contribution in [0.2, 0.25) is 0 Å². The van der Waals surface area contributed by atoms with Gasteiger partial charge in [0.15, 0.2) is 0 Å². The number of piperidine rings is 1. The van der Waals surface area contributed by atoms with E-state index in [1.54, 1.807) is 17.5 Å². The highest BCUT2D eigenvalue weighted by atomic mass is 32.1. The van der Waals surface area contributed by atoms with E-state index in [1.807, 2.05) is 28.6 Å². The molecule has 0 bridgehead atoms. The van der Waals surface area contributed by atoms with Gasteiger partial charge in [-0.2, -0.15) is 0 Å². The number of aromatic nitrogens is 2. The molecule has 116 valence electrons. The molecule has 0 atom stereocenters. The summed E-state index contributed by atoms with van der Waals surface area (Å²) in [5, 5.41) is 3.02. The molecule has 0 aliphatic carbocycles. The molecule has 22 heavy (non-hydrogen) atoms. The van der Waals surface area contributed by atoms with Crippen molar-refractivity contribution < 1.29 is 4.79 Å². The van der Waals surface area contributed by atoms with Crippen LogP contribution in [0.5, 0.6) is 0 Å². The van der Waals surface area contributed by atoms with Gasteiger partial charge in [-0.3, -0.25) is 9.78 Å². The van der Waals surface area contributed by atoms with E-state index < -0.39 is 0 Å². The fourth-order valence-electron chi connectivity index (χ4n) is 2.69. The highest BCUT2D eigenvalue weighted by Gasteiger charge is 2.20. The molecule has 0 aromatic carbocycles. The van der Waals surface area contributed by atoms with E-state index >= 15 is 0 Å². The summed E-state index contributed by atoms with van der Waals surface area (Å²) >= 11 is 1.61. The van der Waals surface area contributed by atoms with Crippen LogP contribution in [0, 0.1) is 5.92 Å². The summed E-state index contributed by atoms with van der Waals surface area (Å²) in [6.45, 7) is 4.09. The minimum atomic E-state index is 0.267. The first-order valence-electron chi connectivity index (χ1n) is 7.85. The Labute approximate surface area is 135 Å². The number of aryl methyl sites for hydroxylation is 1. The van der Waals surface area contributed by atoms with Gasteiger partial charge in [-0.25, -0.2) is 4.98 Å². The SMILES string of the molecule is CC1CCN(C(=O)CCc2csc(-c3cccnc3)n2)CC1. The fourth-order valence-corrected chi connectivity index (χ4v) is 3.54. The molecule has 0 saturated carbocycles. The van der Waals surface area contributed by atoms with Gasteiger partial charge in [0.2, 0.25) is 5.91 Å². The maximum Gasteiger partial charge on any atom is 0.222 e. The Morgan fingerprint density at radius 3 is 2.95 bits per heavy atom. The van der Waals surface area contributed by atoms with Gasteiger partial charge in [-0.15, -0.1) is 11.3 Å². The van der Waals surface area contributed by atoms with E-state index in [2.05, 4.69) is 16.9 Å². The average Bonchev–Trinajstić information content (AvgIpc) is 3.03. The summed E-state index contributed by atoms with van der Waals surface area (Å²) in [7, 11) is 0. The second-order valence-corrected chi connectivity index (χ2v) is 6.81. The third kappa shape index (κ3) is 3.71. The summed E-state index contributed by atoms with van der Waals surface area (Å²) < 4.78 is 0. The number of rotatable bonds is 4. The van der Waals surface area contributed by atoms with Crippen LogP contribution in [0.4, 0.5) is 0 Å². The zero-order valence-corrected chi connectivity index (χ0v) is 13.7. The average molecular weight is 315 g/mol. The van der Waals surface area contributed by atoms with E-state index in [1.165, 1.54) is 0 Å².